The minimum atomic E-state index is -3.51. The van der Waals surface area contributed by atoms with Crippen LogP contribution in [-0.2, 0) is 14.8 Å². The quantitative estimate of drug-likeness (QED) is 0.792. The first-order valence-corrected chi connectivity index (χ1v) is 10.7. The maximum absolute atomic E-state index is 12.7. The Morgan fingerprint density at radius 1 is 1.12 bits per heavy atom. The van der Waals surface area contributed by atoms with Crippen molar-refractivity contribution in [2.24, 2.45) is 5.92 Å². The Hall–Kier alpha value is -1.70. The van der Waals surface area contributed by atoms with Crippen molar-refractivity contribution in [1.29, 1.82) is 0 Å². The fraction of sp³-hybridized carbons (Fsp3) is 0.316. The predicted octanol–water partition coefficient (Wildman–Crippen LogP) is 3.80. The molecule has 138 valence electrons. The minimum absolute atomic E-state index is 0.0451. The van der Waals surface area contributed by atoms with E-state index in [9.17, 15) is 13.2 Å². The van der Waals surface area contributed by atoms with Gasteiger partial charge in [-0.2, -0.15) is 4.31 Å². The van der Waals surface area contributed by atoms with Gasteiger partial charge in [0.2, 0.25) is 15.9 Å². The van der Waals surface area contributed by atoms with Crippen LogP contribution in [0.15, 0.2) is 57.9 Å². The SMILES string of the molecule is Cc1cccc(NC(=O)C2CCN(S(=O)(=O)c3ccc(Br)cc3)CC2)c1. The van der Waals surface area contributed by atoms with E-state index in [0.717, 1.165) is 15.7 Å². The van der Waals surface area contributed by atoms with Crippen molar-refractivity contribution in [3.8, 4) is 0 Å². The zero-order valence-electron chi connectivity index (χ0n) is 14.5. The van der Waals surface area contributed by atoms with Crippen LogP contribution in [0.4, 0.5) is 5.69 Å². The summed E-state index contributed by atoms with van der Waals surface area (Å²) in [5.74, 6) is -0.219. The Morgan fingerprint density at radius 3 is 2.38 bits per heavy atom. The summed E-state index contributed by atoms with van der Waals surface area (Å²) in [6.07, 6.45) is 1.04. The van der Waals surface area contributed by atoms with Gasteiger partial charge in [-0.3, -0.25) is 4.79 Å². The highest BCUT2D eigenvalue weighted by molar-refractivity contribution is 9.10. The molecule has 7 heteroatoms. The van der Waals surface area contributed by atoms with Crippen LogP contribution in [0.2, 0.25) is 0 Å². The number of benzene rings is 2. The number of piperidine rings is 1. The summed E-state index contributed by atoms with van der Waals surface area (Å²) in [4.78, 5) is 12.7. The van der Waals surface area contributed by atoms with E-state index in [-0.39, 0.29) is 16.7 Å². The van der Waals surface area contributed by atoms with Crippen LogP contribution in [0, 0.1) is 12.8 Å². The van der Waals surface area contributed by atoms with Gasteiger partial charge >= 0.3 is 0 Å². The first kappa shape index (κ1) is 19.1. The van der Waals surface area contributed by atoms with E-state index in [2.05, 4.69) is 21.2 Å². The summed E-state index contributed by atoms with van der Waals surface area (Å²) >= 11 is 3.31. The van der Waals surface area contributed by atoms with Gasteiger partial charge in [0.15, 0.2) is 0 Å². The number of anilines is 1. The lowest BCUT2D eigenvalue weighted by Crippen LogP contribution is -2.41. The van der Waals surface area contributed by atoms with Gasteiger partial charge in [-0.05, 0) is 61.7 Å². The molecule has 0 saturated carbocycles. The first-order chi connectivity index (χ1) is 12.4. The molecule has 0 bridgehead atoms. The van der Waals surface area contributed by atoms with E-state index in [1.165, 1.54) is 4.31 Å². The summed E-state index contributed by atoms with van der Waals surface area (Å²) in [6.45, 7) is 2.68. The van der Waals surface area contributed by atoms with Crippen molar-refractivity contribution < 1.29 is 13.2 Å². The molecule has 1 saturated heterocycles. The number of halogens is 1. The van der Waals surface area contributed by atoms with Crippen molar-refractivity contribution in [2.75, 3.05) is 18.4 Å². The van der Waals surface area contributed by atoms with Crippen LogP contribution in [0.1, 0.15) is 18.4 Å². The Bertz CT molecular complexity index is 889. The maximum atomic E-state index is 12.7. The summed E-state index contributed by atoms with van der Waals surface area (Å²) < 4.78 is 27.7. The molecule has 0 unspecified atom stereocenters. The molecule has 1 aliphatic heterocycles. The fourth-order valence-corrected chi connectivity index (χ4v) is 4.82. The van der Waals surface area contributed by atoms with Gasteiger partial charge in [0.25, 0.3) is 0 Å². The van der Waals surface area contributed by atoms with E-state index in [4.69, 9.17) is 0 Å². The zero-order valence-corrected chi connectivity index (χ0v) is 16.9. The molecule has 1 amide bonds. The molecule has 0 radical (unpaired) electrons. The summed E-state index contributed by atoms with van der Waals surface area (Å²) in [7, 11) is -3.51. The van der Waals surface area contributed by atoms with Crippen molar-refractivity contribution in [1.82, 2.24) is 4.31 Å². The lowest BCUT2D eigenvalue weighted by Gasteiger charge is -2.30. The molecule has 26 heavy (non-hydrogen) atoms. The third-order valence-electron chi connectivity index (χ3n) is 4.56. The van der Waals surface area contributed by atoms with Crippen molar-refractivity contribution in [3.63, 3.8) is 0 Å². The van der Waals surface area contributed by atoms with Gasteiger partial charge in [-0.15, -0.1) is 0 Å². The van der Waals surface area contributed by atoms with Crippen LogP contribution < -0.4 is 5.32 Å². The number of amides is 1. The number of sulfonamides is 1. The number of hydrogen-bond acceptors (Lipinski definition) is 3. The van der Waals surface area contributed by atoms with Crippen LogP contribution in [-0.4, -0.2) is 31.7 Å². The standard InChI is InChI=1S/C19H21BrN2O3S/c1-14-3-2-4-17(13-14)21-19(23)15-9-11-22(12-10-15)26(24,25)18-7-5-16(20)6-8-18/h2-8,13,15H,9-12H2,1H3,(H,21,23). The van der Waals surface area contributed by atoms with Crippen molar-refractivity contribution in [3.05, 3.63) is 58.6 Å². The largest absolute Gasteiger partial charge is 0.326 e. The van der Waals surface area contributed by atoms with E-state index >= 15 is 0 Å². The zero-order chi connectivity index (χ0) is 18.7. The topological polar surface area (TPSA) is 66.5 Å². The Morgan fingerprint density at radius 2 is 1.77 bits per heavy atom. The third-order valence-corrected chi connectivity index (χ3v) is 7.00. The number of hydrogen-bond donors (Lipinski definition) is 1. The lowest BCUT2D eigenvalue weighted by atomic mass is 9.97. The molecule has 0 spiro atoms. The van der Waals surface area contributed by atoms with Crippen LogP contribution in [0.5, 0.6) is 0 Å². The summed E-state index contributed by atoms with van der Waals surface area (Å²) in [6, 6.07) is 14.3. The van der Waals surface area contributed by atoms with Gasteiger partial charge < -0.3 is 5.32 Å². The van der Waals surface area contributed by atoms with E-state index in [1.54, 1.807) is 24.3 Å². The minimum Gasteiger partial charge on any atom is -0.326 e. The molecule has 2 aromatic carbocycles. The predicted molar refractivity (Wildman–Crippen MR) is 105 cm³/mol. The smallest absolute Gasteiger partial charge is 0.243 e. The third kappa shape index (κ3) is 4.34. The molecule has 1 heterocycles. The van der Waals surface area contributed by atoms with E-state index in [0.29, 0.717) is 25.9 Å². The molecule has 2 aromatic rings. The second kappa shape index (κ2) is 7.90. The second-order valence-electron chi connectivity index (χ2n) is 6.49. The highest BCUT2D eigenvalue weighted by Gasteiger charge is 2.32. The monoisotopic (exact) mass is 436 g/mol. The highest BCUT2D eigenvalue weighted by Crippen LogP contribution is 2.25. The average Bonchev–Trinajstić information content (AvgIpc) is 2.62. The molecule has 1 fully saturated rings. The number of nitrogens with one attached hydrogen (secondary N) is 1. The van der Waals surface area contributed by atoms with Gasteiger partial charge in [0.05, 0.1) is 4.90 Å². The normalized spacial score (nSPS) is 16.4. The van der Waals surface area contributed by atoms with Crippen LogP contribution in [0.25, 0.3) is 0 Å². The van der Waals surface area contributed by atoms with Gasteiger partial charge in [0.1, 0.15) is 0 Å². The van der Waals surface area contributed by atoms with Crippen LogP contribution in [0.3, 0.4) is 0 Å². The molecule has 0 atom stereocenters. The number of carbonyl (C=O) groups is 1. The fourth-order valence-electron chi connectivity index (χ4n) is 3.08. The molecule has 3 rings (SSSR count). The first-order valence-electron chi connectivity index (χ1n) is 8.49. The number of aryl methyl sites for hydroxylation is 1. The molecular formula is C19H21BrN2O3S. The number of carbonyl (C=O) groups excluding carboxylic acids is 1. The van der Waals surface area contributed by atoms with Gasteiger partial charge in [0, 0.05) is 29.2 Å². The second-order valence-corrected chi connectivity index (χ2v) is 9.34. The number of rotatable bonds is 4. The van der Waals surface area contributed by atoms with Gasteiger partial charge in [-0.1, -0.05) is 28.1 Å². The Balaban J connectivity index is 1.61. The average molecular weight is 437 g/mol. The summed E-state index contributed by atoms with van der Waals surface area (Å²) in [5.41, 5.74) is 1.86. The number of nitrogens with zero attached hydrogens (tertiary/aromatic N) is 1. The lowest BCUT2D eigenvalue weighted by molar-refractivity contribution is -0.120. The summed E-state index contributed by atoms with van der Waals surface area (Å²) in [5, 5.41) is 2.93. The molecule has 0 aromatic heterocycles. The Kier molecular flexibility index (Phi) is 5.79. The molecular weight excluding hydrogens is 416 g/mol. The van der Waals surface area contributed by atoms with Crippen molar-refractivity contribution >= 4 is 37.5 Å². The van der Waals surface area contributed by atoms with Crippen LogP contribution >= 0.6 is 15.9 Å². The van der Waals surface area contributed by atoms with E-state index < -0.39 is 10.0 Å². The highest BCUT2D eigenvalue weighted by atomic mass is 79.9. The van der Waals surface area contributed by atoms with E-state index in [1.807, 2.05) is 31.2 Å². The Labute approximate surface area is 162 Å². The maximum Gasteiger partial charge on any atom is 0.243 e. The molecule has 1 N–H and O–H groups in total. The molecule has 1 aliphatic rings. The van der Waals surface area contributed by atoms with Gasteiger partial charge in [-0.25, -0.2) is 8.42 Å². The van der Waals surface area contributed by atoms with Crippen molar-refractivity contribution in [2.45, 2.75) is 24.7 Å². The molecule has 5 nitrogen and oxygen atoms in total. The molecule has 0 aliphatic carbocycles.